The molecule has 6 heteroatoms. The van der Waals surface area contributed by atoms with Crippen LogP contribution < -0.4 is 21.5 Å². The van der Waals surface area contributed by atoms with Crippen LogP contribution in [0.15, 0.2) is 0 Å². The van der Waals surface area contributed by atoms with Gasteiger partial charge in [-0.3, -0.25) is 4.79 Å². The summed E-state index contributed by atoms with van der Waals surface area (Å²) in [5.41, 5.74) is 11.2. The quantitative estimate of drug-likeness (QED) is 0.725. The largest absolute Gasteiger partial charge is 0.492 e. The van der Waals surface area contributed by atoms with Crippen LogP contribution in [0.2, 0.25) is 0 Å². The van der Waals surface area contributed by atoms with Crippen LogP contribution in [-0.2, 0) is 0 Å². The van der Waals surface area contributed by atoms with Crippen molar-refractivity contribution in [3.05, 3.63) is 4.88 Å². The molecule has 0 spiro atoms. The monoisotopic (exact) mass is 229 g/mol. The van der Waals surface area contributed by atoms with E-state index in [4.69, 9.17) is 16.2 Å². The van der Waals surface area contributed by atoms with Crippen molar-refractivity contribution in [1.82, 2.24) is 0 Å². The first-order chi connectivity index (χ1) is 6.97. The molecule has 0 unspecified atom stereocenters. The van der Waals surface area contributed by atoms with Gasteiger partial charge in [-0.2, -0.15) is 0 Å². The van der Waals surface area contributed by atoms with Gasteiger partial charge in [0.1, 0.15) is 15.6 Å². The summed E-state index contributed by atoms with van der Waals surface area (Å²) in [5.74, 6) is -0.0462. The molecule has 1 amide bonds. The Bertz CT molecular complexity index is 374. The number of carbonyl (C=O) groups is 1. The van der Waals surface area contributed by atoms with E-state index in [1.54, 1.807) is 0 Å². The predicted molar refractivity (Wildman–Crippen MR) is 62.6 cm³/mol. The number of nitrogens with one attached hydrogen (secondary N) is 1. The minimum atomic E-state index is -0.535. The highest BCUT2D eigenvalue weighted by atomic mass is 32.1. The second-order valence-corrected chi connectivity index (χ2v) is 4.39. The summed E-state index contributed by atoms with van der Waals surface area (Å²) in [7, 11) is 1.51. The van der Waals surface area contributed by atoms with Crippen LogP contribution in [0.4, 0.5) is 10.7 Å². The molecule has 0 saturated heterocycles. The van der Waals surface area contributed by atoms with E-state index in [1.807, 2.05) is 13.8 Å². The van der Waals surface area contributed by atoms with Crippen molar-refractivity contribution in [3.63, 3.8) is 0 Å². The van der Waals surface area contributed by atoms with Crippen molar-refractivity contribution in [3.8, 4) is 5.75 Å². The van der Waals surface area contributed by atoms with Crippen LogP contribution in [0, 0.1) is 0 Å². The maximum Gasteiger partial charge on any atom is 0.261 e. The predicted octanol–water partition coefficient (Wildman–Crippen LogP) is 1.26. The van der Waals surface area contributed by atoms with Gasteiger partial charge in [0, 0.05) is 6.04 Å². The van der Waals surface area contributed by atoms with Crippen molar-refractivity contribution in [2.45, 2.75) is 19.9 Å². The number of thiophene rings is 1. The summed E-state index contributed by atoms with van der Waals surface area (Å²) in [6, 6.07) is 0.234. The zero-order chi connectivity index (χ0) is 11.6. The molecule has 84 valence electrons. The Balaban J connectivity index is 3.15. The molecule has 1 heterocycles. The van der Waals surface area contributed by atoms with E-state index in [1.165, 1.54) is 18.4 Å². The second-order valence-electron chi connectivity index (χ2n) is 3.37. The average Bonchev–Trinajstić information content (AvgIpc) is 2.41. The lowest BCUT2D eigenvalue weighted by Crippen LogP contribution is -2.10. The number of methoxy groups -OCH3 is 1. The van der Waals surface area contributed by atoms with E-state index in [2.05, 4.69) is 5.32 Å². The number of carbonyl (C=O) groups excluding carboxylic acids is 1. The SMILES string of the molecule is COc1c(NC(C)C)sc(C(N)=O)c1N. The lowest BCUT2D eigenvalue weighted by atomic mass is 10.3. The van der Waals surface area contributed by atoms with Crippen molar-refractivity contribution < 1.29 is 9.53 Å². The number of hydrogen-bond acceptors (Lipinski definition) is 5. The molecule has 0 atom stereocenters. The Kier molecular flexibility index (Phi) is 3.41. The number of rotatable bonds is 4. The van der Waals surface area contributed by atoms with Crippen molar-refractivity contribution in [2.75, 3.05) is 18.2 Å². The molecule has 0 saturated carbocycles. The number of amides is 1. The number of hydrogen-bond donors (Lipinski definition) is 3. The maximum atomic E-state index is 11.1. The highest BCUT2D eigenvalue weighted by molar-refractivity contribution is 7.19. The molecule has 5 N–H and O–H groups in total. The first-order valence-electron chi connectivity index (χ1n) is 4.50. The van der Waals surface area contributed by atoms with Gasteiger partial charge in [0.25, 0.3) is 5.91 Å². The molecule has 0 aromatic carbocycles. The first kappa shape index (κ1) is 11.6. The first-order valence-corrected chi connectivity index (χ1v) is 5.31. The summed E-state index contributed by atoms with van der Waals surface area (Å²) < 4.78 is 5.12. The molecular weight excluding hydrogens is 214 g/mol. The second kappa shape index (κ2) is 4.39. The summed E-state index contributed by atoms with van der Waals surface area (Å²) >= 11 is 1.21. The molecule has 15 heavy (non-hydrogen) atoms. The Morgan fingerprint density at radius 1 is 1.53 bits per heavy atom. The van der Waals surface area contributed by atoms with Crippen LogP contribution in [0.3, 0.4) is 0 Å². The Morgan fingerprint density at radius 2 is 2.13 bits per heavy atom. The molecule has 1 aromatic rings. The van der Waals surface area contributed by atoms with Gasteiger partial charge in [0.05, 0.1) is 7.11 Å². The van der Waals surface area contributed by atoms with Gasteiger partial charge in [0.15, 0.2) is 5.75 Å². The maximum absolute atomic E-state index is 11.1. The Labute approximate surface area is 92.4 Å². The normalized spacial score (nSPS) is 10.4. The third-order valence-electron chi connectivity index (χ3n) is 1.75. The molecule has 0 bridgehead atoms. The number of anilines is 2. The fourth-order valence-corrected chi connectivity index (χ4v) is 2.26. The van der Waals surface area contributed by atoms with E-state index < -0.39 is 5.91 Å². The Morgan fingerprint density at radius 3 is 2.53 bits per heavy atom. The fraction of sp³-hybridized carbons (Fsp3) is 0.444. The van der Waals surface area contributed by atoms with Crippen molar-refractivity contribution >= 4 is 27.9 Å². The van der Waals surface area contributed by atoms with E-state index >= 15 is 0 Å². The van der Waals surface area contributed by atoms with Crippen LogP contribution >= 0.6 is 11.3 Å². The number of nitrogen functional groups attached to an aromatic ring is 1. The summed E-state index contributed by atoms with van der Waals surface area (Å²) in [6.45, 7) is 3.97. The molecular formula is C9H15N3O2S. The van der Waals surface area contributed by atoms with Gasteiger partial charge < -0.3 is 21.5 Å². The zero-order valence-corrected chi connectivity index (χ0v) is 9.77. The molecule has 1 aromatic heterocycles. The highest BCUT2D eigenvalue weighted by Gasteiger charge is 2.20. The van der Waals surface area contributed by atoms with Gasteiger partial charge >= 0.3 is 0 Å². The topological polar surface area (TPSA) is 90.4 Å². The van der Waals surface area contributed by atoms with Crippen LogP contribution in [0.25, 0.3) is 0 Å². The fourth-order valence-electron chi connectivity index (χ4n) is 1.17. The van der Waals surface area contributed by atoms with Gasteiger partial charge in [-0.15, -0.1) is 11.3 Å². The minimum Gasteiger partial charge on any atom is -0.492 e. The molecule has 0 aliphatic heterocycles. The van der Waals surface area contributed by atoms with Crippen LogP contribution in [0.5, 0.6) is 5.75 Å². The highest BCUT2D eigenvalue weighted by Crippen LogP contribution is 2.42. The molecule has 0 aliphatic carbocycles. The average molecular weight is 229 g/mol. The molecule has 5 nitrogen and oxygen atoms in total. The zero-order valence-electron chi connectivity index (χ0n) is 8.96. The number of primary amides is 1. The third kappa shape index (κ3) is 2.33. The van der Waals surface area contributed by atoms with E-state index in [0.29, 0.717) is 16.3 Å². The third-order valence-corrected chi connectivity index (χ3v) is 2.88. The smallest absolute Gasteiger partial charge is 0.261 e. The van der Waals surface area contributed by atoms with Gasteiger partial charge in [0.2, 0.25) is 0 Å². The standard InChI is InChI=1S/C9H15N3O2S/c1-4(2)12-9-6(14-3)5(10)7(15-9)8(11)13/h4,12H,10H2,1-3H3,(H2,11,13). The Hall–Kier alpha value is -1.43. The minimum absolute atomic E-state index is 0.234. The van der Waals surface area contributed by atoms with E-state index in [0.717, 1.165) is 5.00 Å². The molecule has 0 radical (unpaired) electrons. The van der Waals surface area contributed by atoms with Gasteiger partial charge in [-0.25, -0.2) is 0 Å². The van der Waals surface area contributed by atoms with Crippen LogP contribution in [0.1, 0.15) is 23.5 Å². The molecule has 1 rings (SSSR count). The van der Waals surface area contributed by atoms with Crippen molar-refractivity contribution in [1.29, 1.82) is 0 Å². The van der Waals surface area contributed by atoms with E-state index in [-0.39, 0.29) is 6.04 Å². The molecule has 0 aliphatic rings. The summed E-state index contributed by atoms with van der Waals surface area (Å²) in [4.78, 5) is 11.4. The number of nitrogens with two attached hydrogens (primary N) is 2. The molecule has 0 fully saturated rings. The van der Waals surface area contributed by atoms with Gasteiger partial charge in [-0.1, -0.05) is 0 Å². The number of ether oxygens (including phenoxy) is 1. The lowest BCUT2D eigenvalue weighted by molar-refractivity contribution is 0.100. The van der Waals surface area contributed by atoms with Crippen LogP contribution in [-0.4, -0.2) is 19.1 Å². The van der Waals surface area contributed by atoms with E-state index in [9.17, 15) is 4.79 Å². The van der Waals surface area contributed by atoms with Gasteiger partial charge in [-0.05, 0) is 13.8 Å². The van der Waals surface area contributed by atoms with Crippen molar-refractivity contribution in [2.24, 2.45) is 5.73 Å². The lowest BCUT2D eigenvalue weighted by Gasteiger charge is -2.09. The summed E-state index contributed by atoms with van der Waals surface area (Å²) in [5, 5.41) is 3.88. The summed E-state index contributed by atoms with van der Waals surface area (Å²) in [6.07, 6.45) is 0.